The van der Waals surface area contributed by atoms with E-state index in [1.807, 2.05) is 10.0 Å². The smallest absolute Gasteiger partial charge is 0.322 e. The van der Waals surface area contributed by atoms with Crippen LogP contribution < -0.4 is 10.0 Å². The van der Waals surface area contributed by atoms with Gasteiger partial charge in [0.2, 0.25) is 15.9 Å². The van der Waals surface area contributed by atoms with Crippen molar-refractivity contribution in [3.63, 3.8) is 0 Å². The molecule has 0 aliphatic heterocycles. The first-order valence-corrected chi connectivity index (χ1v) is 7.01. The molecule has 3 N–H and O–H groups in total. The van der Waals surface area contributed by atoms with E-state index in [9.17, 15) is 22.4 Å². The number of carboxylic acids is 1. The zero-order chi connectivity index (χ0) is 15.3. The predicted octanol–water partition coefficient (Wildman–Crippen LogP) is -0.0418. The van der Waals surface area contributed by atoms with Gasteiger partial charge in [-0.25, -0.2) is 17.5 Å². The van der Waals surface area contributed by atoms with E-state index in [2.05, 4.69) is 0 Å². The van der Waals surface area contributed by atoms with Gasteiger partial charge in [-0.1, -0.05) is 11.6 Å². The molecule has 0 aliphatic carbocycles. The van der Waals surface area contributed by atoms with Crippen LogP contribution in [-0.2, 0) is 19.6 Å². The maximum atomic E-state index is 13.4. The number of aliphatic carboxylic acids is 1. The van der Waals surface area contributed by atoms with Gasteiger partial charge in [-0.15, -0.1) is 0 Å². The quantitative estimate of drug-likeness (QED) is 0.679. The molecular formula is C10H10ClFN2O5S. The molecule has 0 atom stereocenters. The third-order valence-corrected chi connectivity index (χ3v) is 3.71. The molecule has 1 amide bonds. The summed E-state index contributed by atoms with van der Waals surface area (Å²) in [6.45, 7) is -1.35. The Morgan fingerprint density at radius 1 is 1.30 bits per heavy atom. The number of nitrogens with one attached hydrogen (secondary N) is 2. The molecule has 0 saturated heterocycles. The van der Waals surface area contributed by atoms with Gasteiger partial charge in [-0.05, 0) is 18.2 Å². The Labute approximate surface area is 118 Å². The number of amides is 1. The van der Waals surface area contributed by atoms with Gasteiger partial charge in [-0.3, -0.25) is 9.59 Å². The third kappa shape index (κ3) is 4.76. The minimum atomic E-state index is -4.23. The van der Waals surface area contributed by atoms with Crippen LogP contribution >= 0.6 is 11.6 Å². The minimum Gasteiger partial charge on any atom is -0.480 e. The van der Waals surface area contributed by atoms with Gasteiger partial charge >= 0.3 is 5.97 Å². The molecule has 0 radical (unpaired) electrons. The Bertz CT molecular complexity index is 635. The summed E-state index contributed by atoms with van der Waals surface area (Å²) in [4.78, 5) is 20.7. The molecule has 1 aromatic rings. The lowest BCUT2D eigenvalue weighted by atomic mass is 10.3. The molecule has 0 bridgehead atoms. The van der Waals surface area contributed by atoms with E-state index in [0.717, 1.165) is 12.1 Å². The van der Waals surface area contributed by atoms with Crippen molar-refractivity contribution >= 4 is 33.5 Å². The Hall–Kier alpha value is -1.71. The highest BCUT2D eigenvalue weighted by atomic mass is 35.5. The number of carboxylic acid groups (broad SMARTS) is 1. The van der Waals surface area contributed by atoms with Gasteiger partial charge in [0.25, 0.3) is 0 Å². The first-order chi connectivity index (χ1) is 9.22. The summed E-state index contributed by atoms with van der Waals surface area (Å²) in [5.41, 5.74) is 0. The molecule has 0 aliphatic rings. The fourth-order valence-electron chi connectivity index (χ4n) is 1.17. The normalized spacial score (nSPS) is 11.1. The number of hydrogen-bond acceptors (Lipinski definition) is 4. The molecule has 1 aromatic carbocycles. The van der Waals surface area contributed by atoms with Crippen LogP contribution in [0, 0.1) is 5.82 Å². The van der Waals surface area contributed by atoms with E-state index in [-0.39, 0.29) is 5.02 Å². The molecule has 0 saturated carbocycles. The van der Waals surface area contributed by atoms with Crippen LogP contribution in [-0.4, -0.2) is 38.5 Å². The van der Waals surface area contributed by atoms with E-state index in [1.54, 1.807) is 0 Å². The van der Waals surface area contributed by atoms with Gasteiger partial charge in [0, 0.05) is 5.02 Å². The second-order valence-corrected chi connectivity index (χ2v) is 5.74. The average molecular weight is 325 g/mol. The number of carbonyl (C=O) groups is 2. The predicted molar refractivity (Wildman–Crippen MR) is 67.2 cm³/mol. The van der Waals surface area contributed by atoms with Crippen LogP contribution in [0.4, 0.5) is 4.39 Å². The highest BCUT2D eigenvalue weighted by Gasteiger charge is 2.20. The summed E-state index contributed by atoms with van der Waals surface area (Å²) >= 11 is 5.49. The highest BCUT2D eigenvalue weighted by molar-refractivity contribution is 7.89. The van der Waals surface area contributed by atoms with E-state index in [4.69, 9.17) is 16.7 Å². The fourth-order valence-corrected chi connectivity index (χ4v) is 2.37. The Morgan fingerprint density at radius 2 is 1.95 bits per heavy atom. The van der Waals surface area contributed by atoms with Crippen LogP contribution in [0.25, 0.3) is 0 Å². The van der Waals surface area contributed by atoms with E-state index < -0.39 is 45.7 Å². The van der Waals surface area contributed by atoms with Crippen molar-refractivity contribution in [3.8, 4) is 0 Å². The molecule has 0 fully saturated rings. The van der Waals surface area contributed by atoms with Crippen molar-refractivity contribution in [1.29, 1.82) is 0 Å². The van der Waals surface area contributed by atoms with Crippen LogP contribution in [0.5, 0.6) is 0 Å². The monoisotopic (exact) mass is 324 g/mol. The number of rotatable bonds is 6. The Balaban J connectivity index is 2.71. The standard InChI is InChI=1S/C10H10ClFN2O5S/c11-6-1-2-8(7(12)3-6)20(18,19)14-4-9(15)13-5-10(16)17/h1-3,14H,4-5H2,(H,13,15)(H,16,17). The molecular weight excluding hydrogens is 315 g/mol. The first kappa shape index (κ1) is 16.3. The molecule has 110 valence electrons. The third-order valence-electron chi connectivity index (χ3n) is 2.04. The van der Waals surface area contributed by atoms with Crippen LogP contribution in [0.1, 0.15) is 0 Å². The SMILES string of the molecule is O=C(O)CNC(=O)CNS(=O)(=O)c1ccc(Cl)cc1F. The van der Waals surface area contributed by atoms with Crippen molar-refractivity contribution < 1.29 is 27.5 Å². The Kier molecular flexibility index (Phi) is 5.43. The average Bonchev–Trinajstić information content (AvgIpc) is 2.33. The van der Waals surface area contributed by atoms with Crippen molar-refractivity contribution in [2.45, 2.75) is 4.90 Å². The molecule has 7 nitrogen and oxygen atoms in total. The molecule has 0 spiro atoms. The molecule has 20 heavy (non-hydrogen) atoms. The maximum absolute atomic E-state index is 13.4. The molecule has 10 heteroatoms. The summed E-state index contributed by atoms with van der Waals surface area (Å²) in [6, 6.07) is 2.96. The van der Waals surface area contributed by atoms with Gasteiger partial charge in [0.05, 0.1) is 6.54 Å². The zero-order valence-corrected chi connectivity index (χ0v) is 11.5. The van der Waals surface area contributed by atoms with Gasteiger partial charge in [0.15, 0.2) is 0 Å². The van der Waals surface area contributed by atoms with Gasteiger partial charge < -0.3 is 10.4 Å². The number of carbonyl (C=O) groups excluding carboxylic acids is 1. The molecule has 0 unspecified atom stereocenters. The number of sulfonamides is 1. The maximum Gasteiger partial charge on any atom is 0.322 e. The zero-order valence-electron chi connectivity index (χ0n) is 9.89. The molecule has 0 heterocycles. The largest absolute Gasteiger partial charge is 0.480 e. The first-order valence-electron chi connectivity index (χ1n) is 5.15. The molecule has 1 rings (SSSR count). The lowest BCUT2D eigenvalue weighted by Gasteiger charge is -2.07. The second-order valence-electron chi connectivity index (χ2n) is 3.57. The van der Waals surface area contributed by atoms with Crippen LogP contribution in [0.15, 0.2) is 23.1 Å². The van der Waals surface area contributed by atoms with E-state index in [0.29, 0.717) is 0 Å². The second kappa shape index (κ2) is 6.64. The van der Waals surface area contributed by atoms with Crippen molar-refractivity contribution in [3.05, 3.63) is 29.0 Å². The number of halogens is 2. The lowest BCUT2D eigenvalue weighted by molar-refractivity contribution is -0.137. The van der Waals surface area contributed by atoms with Crippen molar-refractivity contribution in [2.75, 3.05) is 13.1 Å². The van der Waals surface area contributed by atoms with E-state index >= 15 is 0 Å². The summed E-state index contributed by atoms with van der Waals surface area (Å²) in [6.07, 6.45) is 0. The fraction of sp³-hybridized carbons (Fsp3) is 0.200. The highest BCUT2D eigenvalue weighted by Crippen LogP contribution is 2.18. The Morgan fingerprint density at radius 3 is 2.50 bits per heavy atom. The topological polar surface area (TPSA) is 113 Å². The van der Waals surface area contributed by atoms with Crippen LogP contribution in [0.2, 0.25) is 5.02 Å². The minimum absolute atomic E-state index is 0.0284. The molecule has 0 aromatic heterocycles. The van der Waals surface area contributed by atoms with Gasteiger partial charge in [-0.2, -0.15) is 0 Å². The lowest BCUT2D eigenvalue weighted by Crippen LogP contribution is -2.39. The summed E-state index contributed by atoms with van der Waals surface area (Å²) in [7, 11) is -4.23. The summed E-state index contributed by atoms with van der Waals surface area (Å²) in [5, 5.41) is 10.3. The summed E-state index contributed by atoms with van der Waals surface area (Å²) < 4.78 is 38.7. The van der Waals surface area contributed by atoms with Crippen molar-refractivity contribution in [2.24, 2.45) is 0 Å². The van der Waals surface area contributed by atoms with Crippen LogP contribution in [0.3, 0.4) is 0 Å². The summed E-state index contributed by atoms with van der Waals surface area (Å²) in [5.74, 6) is -3.19. The number of benzene rings is 1. The van der Waals surface area contributed by atoms with Gasteiger partial charge in [0.1, 0.15) is 17.3 Å². The van der Waals surface area contributed by atoms with Crippen molar-refractivity contribution in [1.82, 2.24) is 10.0 Å². The van der Waals surface area contributed by atoms with E-state index in [1.165, 1.54) is 6.07 Å². The number of hydrogen-bond donors (Lipinski definition) is 3.